The van der Waals surface area contributed by atoms with E-state index in [0.29, 0.717) is 11.6 Å². The molecule has 0 bridgehead atoms. The van der Waals surface area contributed by atoms with Gasteiger partial charge in [-0.3, -0.25) is 0 Å². The summed E-state index contributed by atoms with van der Waals surface area (Å²) in [4.78, 5) is 5.65. The minimum atomic E-state index is -0.0612. The lowest BCUT2D eigenvalue weighted by Gasteiger charge is -2.05. The number of rotatable bonds is 3. The van der Waals surface area contributed by atoms with Crippen LogP contribution < -0.4 is 5.73 Å². The summed E-state index contributed by atoms with van der Waals surface area (Å²) in [5.41, 5.74) is 7.76. The molecular formula is C14H14N6. The van der Waals surface area contributed by atoms with Crippen molar-refractivity contribution in [3.05, 3.63) is 54.2 Å². The number of hydrogen-bond donors (Lipinski definition) is 1. The van der Waals surface area contributed by atoms with Gasteiger partial charge in [0.25, 0.3) is 0 Å². The Bertz CT molecular complexity index is 704. The minimum Gasteiger partial charge on any atom is -0.324 e. The fourth-order valence-electron chi connectivity index (χ4n) is 1.84. The molecule has 100 valence electrons. The van der Waals surface area contributed by atoms with Gasteiger partial charge in [-0.25, -0.2) is 4.98 Å². The molecule has 3 rings (SSSR count). The molecule has 0 saturated heterocycles. The topological polar surface area (TPSA) is 82.5 Å². The SMILES string of the molecule is C[C@@H](N)c1ccnc(-n2nnc(-c3ccccc3)n2)c1. The fourth-order valence-corrected chi connectivity index (χ4v) is 1.84. The minimum absolute atomic E-state index is 0.0612. The Morgan fingerprint density at radius 1 is 1.15 bits per heavy atom. The van der Waals surface area contributed by atoms with Crippen LogP contribution in [-0.2, 0) is 0 Å². The molecule has 6 heteroatoms. The van der Waals surface area contributed by atoms with Crippen LogP contribution >= 0.6 is 0 Å². The highest BCUT2D eigenvalue weighted by molar-refractivity contribution is 5.53. The monoisotopic (exact) mass is 266 g/mol. The molecule has 0 radical (unpaired) electrons. The first-order valence-corrected chi connectivity index (χ1v) is 6.31. The normalized spacial score (nSPS) is 12.3. The molecule has 1 aromatic carbocycles. The lowest BCUT2D eigenvalue weighted by molar-refractivity contribution is 0.695. The molecule has 2 N–H and O–H groups in total. The zero-order chi connectivity index (χ0) is 13.9. The van der Waals surface area contributed by atoms with Gasteiger partial charge in [-0.05, 0) is 29.8 Å². The highest BCUT2D eigenvalue weighted by Crippen LogP contribution is 2.15. The number of nitrogens with two attached hydrogens (primary N) is 1. The van der Waals surface area contributed by atoms with E-state index in [0.717, 1.165) is 11.1 Å². The van der Waals surface area contributed by atoms with E-state index in [1.54, 1.807) is 6.20 Å². The van der Waals surface area contributed by atoms with Crippen LogP contribution in [0.4, 0.5) is 0 Å². The number of nitrogens with zero attached hydrogens (tertiary/aromatic N) is 5. The van der Waals surface area contributed by atoms with E-state index in [1.807, 2.05) is 49.4 Å². The van der Waals surface area contributed by atoms with Crippen LogP contribution in [0.25, 0.3) is 17.2 Å². The van der Waals surface area contributed by atoms with Gasteiger partial charge >= 0.3 is 0 Å². The quantitative estimate of drug-likeness (QED) is 0.780. The van der Waals surface area contributed by atoms with Crippen LogP contribution in [-0.4, -0.2) is 25.2 Å². The first-order valence-electron chi connectivity index (χ1n) is 6.31. The number of benzene rings is 1. The summed E-state index contributed by atoms with van der Waals surface area (Å²) in [6.07, 6.45) is 1.69. The van der Waals surface area contributed by atoms with Gasteiger partial charge in [-0.1, -0.05) is 30.3 Å². The molecule has 20 heavy (non-hydrogen) atoms. The third-order valence-corrected chi connectivity index (χ3v) is 2.95. The highest BCUT2D eigenvalue weighted by atomic mass is 15.6. The Hall–Kier alpha value is -2.60. The van der Waals surface area contributed by atoms with E-state index in [-0.39, 0.29) is 6.04 Å². The zero-order valence-electron chi connectivity index (χ0n) is 11.0. The van der Waals surface area contributed by atoms with E-state index < -0.39 is 0 Å². The Labute approximate surface area is 116 Å². The molecule has 0 amide bonds. The third-order valence-electron chi connectivity index (χ3n) is 2.95. The molecule has 0 fully saturated rings. The van der Waals surface area contributed by atoms with Gasteiger partial charge in [-0.15, -0.1) is 15.0 Å². The van der Waals surface area contributed by atoms with Gasteiger partial charge < -0.3 is 5.73 Å². The predicted octanol–water partition coefficient (Wildman–Crippen LogP) is 1.74. The zero-order valence-corrected chi connectivity index (χ0v) is 11.0. The smallest absolute Gasteiger partial charge is 0.205 e. The third kappa shape index (κ3) is 2.41. The number of hydrogen-bond acceptors (Lipinski definition) is 5. The molecule has 0 aliphatic rings. The molecule has 6 nitrogen and oxygen atoms in total. The largest absolute Gasteiger partial charge is 0.324 e. The first kappa shape index (κ1) is 12.4. The van der Waals surface area contributed by atoms with Crippen molar-refractivity contribution >= 4 is 0 Å². The molecule has 0 aliphatic carbocycles. The van der Waals surface area contributed by atoms with Gasteiger partial charge in [0.1, 0.15) is 0 Å². The van der Waals surface area contributed by atoms with E-state index >= 15 is 0 Å². The second-order valence-corrected chi connectivity index (χ2v) is 4.50. The van der Waals surface area contributed by atoms with Gasteiger partial charge in [0.2, 0.25) is 5.82 Å². The van der Waals surface area contributed by atoms with Crippen molar-refractivity contribution in [1.29, 1.82) is 0 Å². The van der Waals surface area contributed by atoms with E-state index in [4.69, 9.17) is 5.73 Å². The number of aromatic nitrogens is 5. The maximum atomic E-state index is 5.86. The molecule has 2 aromatic heterocycles. The molecule has 3 aromatic rings. The molecular weight excluding hydrogens is 252 g/mol. The van der Waals surface area contributed by atoms with Crippen LogP contribution in [0.2, 0.25) is 0 Å². The van der Waals surface area contributed by atoms with Crippen LogP contribution in [0.15, 0.2) is 48.7 Å². The van der Waals surface area contributed by atoms with E-state index in [9.17, 15) is 0 Å². The Balaban J connectivity index is 1.96. The van der Waals surface area contributed by atoms with Crippen molar-refractivity contribution < 1.29 is 0 Å². The van der Waals surface area contributed by atoms with Crippen LogP contribution in [0, 0.1) is 0 Å². The second-order valence-electron chi connectivity index (χ2n) is 4.50. The summed E-state index contributed by atoms with van der Waals surface area (Å²) in [5.74, 6) is 1.17. The second kappa shape index (κ2) is 5.18. The van der Waals surface area contributed by atoms with Crippen LogP contribution in [0.5, 0.6) is 0 Å². The van der Waals surface area contributed by atoms with E-state index in [2.05, 4.69) is 20.4 Å². The van der Waals surface area contributed by atoms with Gasteiger partial charge in [0.15, 0.2) is 5.82 Å². The highest BCUT2D eigenvalue weighted by Gasteiger charge is 2.09. The van der Waals surface area contributed by atoms with Crippen molar-refractivity contribution in [2.24, 2.45) is 5.73 Å². The van der Waals surface area contributed by atoms with Gasteiger partial charge in [0, 0.05) is 17.8 Å². The summed E-state index contributed by atoms with van der Waals surface area (Å²) in [6.45, 7) is 1.92. The van der Waals surface area contributed by atoms with Crippen molar-refractivity contribution in [2.45, 2.75) is 13.0 Å². The molecule has 2 heterocycles. The molecule has 0 unspecified atom stereocenters. The van der Waals surface area contributed by atoms with Gasteiger partial charge in [-0.2, -0.15) is 0 Å². The summed E-state index contributed by atoms with van der Waals surface area (Å²) in [6, 6.07) is 13.4. The number of pyridine rings is 1. The van der Waals surface area contributed by atoms with Crippen molar-refractivity contribution in [2.75, 3.05) is 0 Å². The first-order chi connectivity index (χ1) is 9.74. The average molecular weight is 266 g/mol. The maximum Gasteiger partial charge on any atom is 0.205 e. The molecule has 1 atom stereocenters. The van der Waals surface area contributed by atoms with Crippen molar-refractivity contribution in [1.82, 2.24) is 25.2 Å². The van der Waals surface area contributed by atoms with Crippen molar-refractivity contribution in [3.63, 3.8) is 0 Å². The Kier molecular flexibility index (Phi) is 3.22. The fraction of sp³-hybridized carbons (Fsp3) is 0.143. The Morgan fingerprint density at radius 2 is 1.95 bits per heavy atom. The van der Waals surface area contributed by atoms with E-state index in [1.165, 1.54) is 4.80 Å². The van der Waals surface area contributed by atoms with Crippen molar-refractivity contribution in [3.8, 4) is 17.2 Å². The molecule has 0 aliphatic heterocycles. The average Bonchev–Trinajstić information content (AvgIpc) is 2.98. The lowest BCUT2D eigenvalue weighted by atomic mass is 10.1. The lowest BCUT2D eigenvalue weighted by Crippen LogP contribution is -2.08. The maximum absolute atomic E-state index is 5.86. The summed E-state index contributed by atoms with van der Waals surface area (Å²) >= 11 is 0. The molecule has 0 saturated carbocycles. The Morgan fingerprint density at radius 3 is 2.70 bits per heavy atom. The predicted molar refractivity (Wildman–Crippen MR) is 75.0 cm³/mol. The van der Waals surface area contributed by atoms with Crippen LogP contribution in [0.1, 0.15) is 18.5 Å². The standard InChI is InChI=1S/C14H14N6/c1-10(15)12-7-8-16-13(9-12)20-18-14(17-19-20)11-5-3-2-4-6-11/h2-10H,15H2,1H3/t10-/m1/s1. The summed E-state index contributed by atoms with van der Waals surface area (Å²) in [5, 5.41) is 12.4. The summed E-state index contributed by atoms with van der Waals surface area (Å²) < 4.78 is 0. The summed E-state index contributed by atoms with van der Waals surface area (Å²) in [7, 11) is 0. The van der Waals surface area contributed by atoms with Crippen LogP contribution in [0.3, 0.4) is 0 Å². The molecule has 0 spiro atoms. The van der Waals surface area contributed by atoms with Gasteiger partial charge in [0.05, 0.1) is 0 Å². The number of tetrazole rings is 1.